The molecule has 1 unspecified atom stereocenters. The lowest BCUT2D eigenvalue weighted by atomic mass is 9.94. The van der Waals surface area contributed by atoms with Gasteiger partial charge in [-0.15, -0.1) is 0 Å². The van der Waals surface area contributed by atoms with E-state index in [2.05, 4.69) is 20.0 Å². The third-order valence-electron chi connectivity index (χ3n) is 4.31. The van der Waals surface area contributed by atoms with Gasteiger partial charge >= 0.3 is 0 Å². The molecule has 120 valence electrons. The van der Waals surface area contributed by atoms with Gasteiger partial charge in [0.25, 0.3) is 5.78 Å². The van der Waals surface area contributed by atoms with E-state index < -0.39 is 9.73 Å². The fraction of sp³-hybridized carbons (Fsp3) is 0.643. The summed E-state index contributed by atoms with van der Waals surface area (Å²) in [4.78, 5) is 10.9. The van der Waals surface area contributed by atoms with Crippen LogP contribution in [0.15, 0.2) is 12.5 Å². The first kappa shape index (κ1) is 15.2. The molecule has 0 aliphatic carbocycles. The van der Waals surface area contributed by atoms with E-state index in [9.17, 15) is 4.21 Å². The molecule has 1 atom stereocenters. The zero-order valence-corrected chi connectivity index (χ0v) is 13.8. The standard InChI is InChI=1S/C14H22N6OS/c1-11-13(9-20-14(18-11)16-10-17-20)19-6-3-12(4-7-19)5-8-22(2,15)21/h9-10,12,15H,3-8H2,1-2H3. The Kier molecular flexibility index (Phi) is 4.03. The van der Waals surface area contributed by atoms with Crippen LogP contribution in [0.3, 0.4) is 0 Å². The van der Waals surface area contributed by atoms with Crippen LogP contribution in [0.2, 0.25) is 0 Å². The van der Waals surface area contributed by atoms with E-state index in [0.717, 1.165) is 43.7 Å². The lowest BCUT2D eigenvalue weighted by molar-refractivity contribution is 0.395. The van der Waals surface area contributed by atoms with Gasteiger partial charge in [0.05, 0.1) is 17.6 Å². The third kappa shape index (κ3) is 3.37. The Morgan fingerprint density at radius 2 is 2.14 bits per heavy atom. The Balaban J connectivity index is 1.66. The van der Waals surface area contributed by atoms with Crippen molar-refractivity contribution in [1.82, 2.24) is 19.6 Å². The molecule has 0 spiro atoms. The first-order valence-corrected chi connectivity index (χ1v) is 9.69. The quantitative estimate of drug-likeness (QED) is 0.926. The van der Waals surface area contributed by atoms with Gasteiger partial charge in [0.2, 0.25) is 0 Å². The maximum Gasteiger partial charge on any atom is 0.252 e. The van der Waals surface area contributed by atoms with Crippen molar-refractivity contribution in [3.63, 3.8) is 0 Å². The summed E-state index contributed by atoms with van der Waals surface area (Å²) in [5.41, 5.74) is 2.08. The maximum absolute atomic E-state index is 11.5. The molecule has 22 heavy (non-hydrogen) atoms. The second kappa shape index (κ2) is 5.83. The van der Waals surface area contributed by atoms with Gasteiger partial charge < -0.3 is 4.90 Å². The van der Waals surface area contributed by atoms with Crippen LogP contribution in [0.25, 0.3) is 5.78 Å². The summed E-state index contributed by atoms with van der Waals surface area (Å²) in [6.45, 7) is 3.94. The van der Waals surface area contributed by atoms with E-state index in [4.69, 9.17) is 4.78 Å². The van der Waals surface area contributed by atoms with Crippen molar-refractivity contribution in [3.05, 3.63) is 18.2 Å². The molecule has 1 aliphatic rings. The van der Waals surface area contributed by atoms with Crippen molar-refractivity contribution in [2.75, 3.05) is 30.0 Å². The normalized spacial score (nSPS) is 19.5. The van der Waals surface area contributed by atoms with E-state index in [0.29, 0.717) is 17.4 Å². The Bertz CT molecular complexity index is 761. The first-order valence-electron chi connectivity index (χ1n) is 7.56. The molecule has 0 amide bonds. The molecule has 0 saturated carbocycles. The highest BCUT2D eigenvalue weighted by atomic mass is 32.2. The third-order valence-corrected chi connectivity index (χ3v) is 5.32. The number of nitrogens with one attached hydrogen (secondary N) is 1. The van der Waals surface area contributed by atoms with Gasteiger partial charge in [-0.3, -0.25) is 8.99 Å². The van der Waals surface area contributed by atoms with Crippen LogP contribution in [0.1, 0.15) is 25.0 Å². The summed E-state index contributed by atoms with van der Waals surface area (Å²) in [7, 11) is -2.36. The lowest BCUT2D eigenvalue weighted by Gasteiger charge is -2.34. The zero-order chi connectivity index (χ0) is 15.7. The molecule has 8 heteroatoms. The zero-order valence-electron chi connectivity index (χ0n) is 13.0. The van der Waals surface area contributed by atoms with Crippen LogP contribution < -0.4 is 4.90 Å². The largest absolute Gasteiger partial charge is 0.369 e. The van der Waals surface area contributed by atoms with Gasteiger partial charge in [0, 0.05) is 34.8 Å². The number of anilines is 1. The second-order valence-corrected chi connectivity index (χ2v) is 8.56. The molecular formula is C14H22N6OS. The van der Waals surface area contributed by atoms with Crippen molar-refractivity contribution in [2.24, 2.45) is 5.92 Å². The molecule has 3 rings (SSSR count). The highest BCUT2D eigenvalue weighted by Crippen LogP contribution is 2.27. The van der Waals surface area contributed by atoms with Crippen molar-refractivity contribution >= 4 is 21.2 Å². The van der Waals surface area contributed by atoms with Gasteiger partial charge in [-0.1, -0.05) is 0 Å². The minimum atomic E-state index is -2.36. The number of aromatic nitrogens is 4. The molecule has 0 radical (unpaired) electrons. The fourth-order valence-electron chi connectivity index (χ4n) is 3.00. The minimum absolute atomic E-state index is 0.517. The average Bonchev–Trinajstić information content (AvgIpc) is 2.91. The number of piperidine rings is 1. The smallest absolute Gasteiger partial charge is 0.252 e. The van der Waals surface area contributed by atoms with E-state index >= 15 is 0 Å². The van der Waals surface area contributed by atoms with Gasteiger partial charge in [-0.25, -0.2) is 9.50 Å². The Hall–Kier alpha value is -1.70. The number of hydrogen-bond donors (Lipinski definition) is 1. The summed E-state index contributed by atoms with van der Waals surface area (Å²) >= 11 is 0. The van der Waals surface area contributed by atoms with Crippen LogP contribution >= 0.6 is 0 Å². The highest BCUT2D eigenvalue weighted by molar-refractivity contribution is 7.91. The SMILES string of the molecule is Cc1nc2ncnn2cc1N1CCC(CCS(C)(=N)=O)CC1. The molecular weight excluding hydrogens is 300 g/mol. The molecule has 1 N–H and O–H groups in total. The monoisotopic (exact) mass is 322 g/mol. The second-order valence-electron chi connectivity index (χ2n) is 6.14. The summed E-state index contributed by atoms with van der Waals surface area (Å²) < 4.78 is 20.7. The Labute approximate surface area is 130 Å². The maximum atomic E-state index is 11.5. The molecule has 3 heterocycles. The molecule has 0 aromatic carbocycles. The molecule has 1 saturated heterocycles. The predicted octanol–water partition coefficient (Wildman–Crippen LogP) is 1.72. The average molecular weight is 322 g/mol. The van der Waals surface area contributed by atoms with Crippen molar-refractivity contribution < 1.29 is 4.21 Å². The summed E-state index contributed by atoms with van der Waals surface area (Å²) in [5.74, 6) is 1.72. The molecule has 1 aliphatic heterocycles. The van der Waals surface area contributed by atoms with Crippen LogP contribution in [-0.2, 0) is 9.73 Å². The van der Waals surface area contributed by atoms with E-state index in [1.807, 2.05) is 13.1 Å². The van der Waals surface area contributed by atoms with Crippen LogP contribution in [0, 0.1) is 17.6 Å². The van der Waals surface area contributed by atoms with Crippen LogP contribution in [0.5, 0.6) is 0 Å². The van der Waals surface area contributed by atoms with Gasteiger partial charge in [0.1, 0.15) is 6.33 Å². The van der Waals surface area contributed by atoms with Crippen LogP contribution in [0.4, 0.5) is 5.69 Å². The van der Waals surface area contributed by atoms with E-state index in [1.165, 1.54) is 12.6 Å². The van der Waals surface area contributed by atoms with Crippen molar-refractivity contribution in [1.29, 1.82) is 4.78 Å². The molecule has 2 aromatic rings. The van der Waals surface area contributed by atoms with Gasteiger partial charge in [-0.2, -0.15) is 10.1 Å². The summed E-state index contributed by atoms with van der Waals surface area (Å²) in [5, 5.41) is 4.15. The number of nitrogens with zero attached hydrogens (tertiary/aromatic N) is 5. The Morgan fingerprint density at radius 1 is 1.41 bits per heavy atom. The van der Waals surface area contributed by atoms with Crippen molar-refractivity contribution in [2.45, 2.75) is 26.2 Å². The van der Waals surface area contributed by atoms with E-state index in [-0.39, 0.29) is 0 Å². The lowest BCUT2D eigenvalue weighted by Crippen LogP contribution is -2.35. The fourth-order valence-corrected chi connectivity index (χ4v) is 3.78. The number of rotatable bonds is 4. The molecule has 1 fully saturated rings. The molecule has 7 nitrogen and oxygen atoms in total. The molecule has 2 aromatic heterocycles. The predicted molar refractivity (Wildman–Crippen MR) is 86.7 cm³/mol. The number of aryl methyl sites for hydroxylation is 1. The summed E-state index contributed by atoms with van der Waals surface area (Å²) in [6, 6.07) is 0. The summed E-state index contributed by atoms with van der Waals surface area (Å²) in [6.07, 6.45) is 8.08. The van der Waals surface area contributed by atoms with Gasteiger partial charge in [-0.05, 0) is 32.1 Å². The number of fused-ring (bicyclic) bond motifs is 1. The van der Waals surface area contributed by atoms with Crippen LogP contribution in [-0.4, -0.2) is 48.9 Å². The Morgan fingerprint density at radius 3 is 2.82 bits per heavy atom. The number of hydrogen-bond acceptors (Lipinski definition) is 6. The highest BCUT2D eigenvalue weighted by Gasteiger charge is 2.22. The molecule has 0 bridgehead atoms. The minimum Gasteiger partial charge on any atom is -0.369 e. The topological polar surface area (TPSA) is 87.2 Å². The van der Waals surface area contributed by atoms with Gasteiger partial charge in [0.15, 0.2) is 0 Å². The first-order chi connectivity index (χ1) is 10.4. The van der Waals surface area contributed by atoms with Crippen molar-refractivity contribution in [3.8, 4) is 0 Å². The van der Waals surface area contributed by atoms with E-state index in [1.54, 1.807) is 4.52 Å².